The first-order valence-electron chi connectivity index (χ1n) is 11.7. The molecule has 0 bridgehead atoms. The number of anilines is 2. The third kappa shape index (κ3) is 3.33. The van der Waals surface area contributed by atoms with Gasteiger partial charge in [0.1, 0.15) is 5.82 Å². The molecular formula is C24H28N8O. The highest BCUT2D eigenvalue weighted by Crippen LogP contribution is 2.41. The minimum Gasteiger partial charge on any atom is -0.376 e. The van der Waals surface area contributed by atoms with Gasteiger partial charge in [-0.1, -0.05) is 6.07 Å². The van der Waals surface area contributed by atoms with Crippen LogP contribution in [0.1, 0.15) is 36.5 Å². The van der Waals surface area contributed by atoms with Crippen molar-refractivity contribution in [3.05, 3.63) is 41.1 Å². The van der Waals surface area contributed by atoms with E-state index < -0.39 is 0 Å². The summed E-state index contributed by atoms with van der Waals surface area (Å²) < 4.78 is 5.85. The first kappa shape index (κ1) is 20.4. The number of aromatic amines is 1. The Morgan fingerprint density at radius 1 is 1.21 bits per heavy atom. The Balaban J connectivity index is 1.19. The minimum atomic E-state index is 0.0904. The highest BCUT2D eigenvalue weighted by Gasteiger charge is 2.47. The van der Waals surface area contributed by atoms with Crippen molar-refractivity contribution in [2.24, 2.45) is 11.1 Å². The monoisotopic (exact) mass is 444 g/mol. The van der Waals surface area contributed by atoms with Gasteiger partial charge in [-0.25, -0.2) is 9.97 Å². The van der Waals surface area contributed by atoms with Crippen LogP contribution < -0.4 is 15.5 Å². The summed E-state index contributed by atoms with van der Waals surface area (Å²) >= 11 is 0. The molecule has 0 aliphatic carbocycles. The van der Waals surface area contributed by atoms with Crippen LogP contribution in [0.4, 0.5) is 11.6 Å². The lowest BCUT2D eigenvalue weighted by atomic mass is 9.73. The molecule has 170 valence electrons. The molecule has 3 N–H and O–H groups in total. The summed E-state index contributed by atoms with van der Waals surface area (Å²) in [4.78, 5) is 14.1. The van der Waals surface area contributed by atoms with E-state index in [1.165, 1.54) is 11.1 Å². The molecule has 6 rings (SSSR count). The van der Waals surface area contributed by atoms with Crippen molar-refractivity contribution in [3.8, 4) is 6.07 Å². The Hall–Kier alpha value is -3.22. The SMILES string of the molecule is C[C@@H]1OCC2(CCN(c3cnc4c(N5CCc6cc(C#N)ccc6C5)n[nH]c4n3)CC2)[C@@H]1N. The molecule has 1 aromatic carbocycles. The number of rotatable bonds is 2. The van der Waals surface area contributed by atoms with Crippen LogP contribution >= 0.6 is 0 Å². The van der Waals surface area contributed by atoms with Gasteiger partial charge < -0.3 is 20.3 Å². The summed E-state index contributed by atoms with van der Waals surface area (Å²) in [6, 6.07) is 8.25. The zero-order chi connectivity index (χ0) is 22.6. The Morgan fingerprint density at radius 2 is 2.06 bits per heavy atom. The number of nitrogens with zero attached hydrogens (tertiary/aromatic N) is 6. The molecule has 1 spiro atoms. The molecule has 9 nitrogen and oxygen atoms in total. The van der Waals surface area contributed by atoms with Crippen LogP contribution in [-0.4, -0.2) is 58.6 Å². The number of nitrogens with one attached hydrogen (secondary N) is 1. The molecule has 3 aliphatic rings. The zero-order valence-corrected chi connectivity index (χ0v) is 18.8. The quantitative estimate of drug-likeness (QED) is 0.617. The second-order valence-corrected chi connectivity index (χ2v) is 9.63. The van der Waals surface area contributed by atoms with Crippen molar-refractivity contribution in [1.29, 1.82) is 5.26 Å². The van der Waals surface area contributed by atoms with Gasteiger partial charge in [-0.2, -0.15) is 10.4 Å². The highest BCUT2D eigenvalue weighted by molar-refractivity contribution is 5.84. The fraction of sp³-hybridized carbons (Fsp3) is 0.500. The second-order valence-electron chi connectivity index (χ2n) is 9.63. The van der Waals surface area contributed by atoms with E-state index in [9.17, 15) is 0 Å². The van der Waals surface area contributed by atoms with E-state index in [1.807, 2.05) is 24.4 Å². The Kier molecular flexibility index (Phi) is 4.75. The molecule has 0 amide bonds. The molecule has 2 atom stereocenters. The van der Waals surface area contributed by atoms with E-state index in [2.05, 4.69) is 33.0 Å². The zero-order valence-electron chi connectivity index (χ0n) is 18.8. The lowest BCUT2D eigenvalue weighted by Crippen LogP contribution is -2.50. The number of nitrogens with two attached hydrogens (primary N) is 1. The fourth-order valence-corrected chi connectivity index (χ4v) is 5.61. The van der Waals surface area contributed by atoms with Crippen molar-refractivity contribution in [2.45, 2.75) is 44.9 Å². The lowest BCUT2D eigenvalue weighted by molar-refractivity contribution is 0.0974. The van der Waals surface area contributed by atoms with Gasteiger partial charge in [-0.3, -0.25) is 5.10 Å². The predicted molar refractivity (Wildman–Crippen MR) is 125 cm³/mol. The van der Waals surface area contributed by atoms with Crippen LogP contribution in [-0.2, 0) is 17.7 Å². The standard InChI is InChI=1S/C24H28N8O/c1-15-21(26)24(14-33-15)5-8-31(9-6-24)19-12-27-20-22(28-19)29-30-23(20)32-7-4-17-10-16(11-25)2-3-18(17)13-32/h2-3,10,12,15,21H,4-9,13-14,26H2,1H3,(H,28,29,30)/t15-,21+/m0/s1. The molecule has 2 saturated heterocycles. The Bertz CT molecular complexity index is 1240. The van der Waals surface area contributed by atoms with Gasteiger partial charge in [0.25, 0.3) is 0 Å². The average molecular weight is 445 g/mol. The number of piperidine rings is 1. The number of benzene rings is 1. The van der Waals surface area contributed by atoms with Crippen molar-refractivity contribution in [2.75, 3.05) is 36.0 Å². The van der Waals surface area contributed by atoms with Crippen molar-refractivity contribution in [3.63, 3.8) is 0 Å². The summed E-state index contributed by atoms with van der Waals surface area (Å²) in [5.41, 5.74) is 11.2. The maximum absolute atomic E-state index is 9.15. The smallest absolute Gasteiger partial charge is 0.179 e. The number of nitriles is 1. The summed E-state index contributed by atoms with van der Waals surface area (Å²) in [6.07, 6.45) is 4.89. The molecule has 2 fully saturated rings. The summed E-state index contributed by atoms with van der Waals surface area (Å²) in [6.45, 7) is 6.22. The van der Waals surface area contributed by atoms with Gasteiger partial charge in [-0.05, 0) is 49.4 Å². The molecular weight excluding hydrogens is 416 g/mol. The maximum Gasteiger partial charge on any atom is 0.179 e. The number of H-pyrrole nitrogens is 1. The molecule has 0 saturated carbocycles. The number of aromatic nitrogens is 4. The fourth-order valence-electron chi connectivity index (χ4n) is 5.61. The van der Waals surface area contributed by atoms with Gasteiger partial charge in [0.2, 0.25) is 0 Å². The average Bonchev–Trinajstić information content (AvgIpc) is 3.40. The van der Waals surface area contributed by atoms with Gasteiger partial charge >= 0.3 is 0 Å². The van der Waals surface area contributed by atoms with Gasteiger partial charge in [0.15, 0.2) is 17.0 Å². The van der Waals surface area contributed by atoms with E-state index in [1.54, 1.807) is 0 Å². The number of fused-ring (bicyclic) bond motifs is 2. The Morgan fingerprint density at radius 3 is 2.82 bits per heavy atom. The van der Waals surface area contributed by atoms with Crippen molar-refractivity contribution in [1.82, 2.24) is 20.2 Å². The normalized spacial score (nSPS) is 24.3. The van der Waals surface area contributed by atoms with Crippen LogP contribution in [0.3, 0.4) is 0 Å². The van der Waals surface area contributed by atoms with Gasteiger partial charge in [-0.15, -0.1) is 0 Å². The third-order valence-corrected chi connectivity index (χ3v) is 7.82. The molecule has 9 heteroatoms. The molecule has 0 radical (unpaired) electrons. The summed E-state index contributed by atoms with van der Waals surface area (Å²) in [5, 5.41) is 16.8. The van der Waals surface area contributed by atoms with E-state index in [-0.39, 0.29) is 17.6 Å². The highest BCUT2D eigenvalue weighted by atomic mass is 16.5. The molecule has 5 heterocycles. The predicted octanol–water partition coefficient (Wildman–Crippen LogP) is 2.12. The minimum absolute atomic E-state index is 0.0904. The van der Waals surface area contributed by atoms with E-state index in [4.69, 9.17) is 25.7 Å². The number of ether oxygens (including phenoxy) is 1. The lowest BCUT2D eigenvalue weighted by Gasteiger charge is -2.41. The molecule has 2 aromatic heterocycles. The van der Waals surface area contributed by atoms with E-state index in [0.717, 1.165) is 69.2 Å². The molecule has 0 unspecified atom stereocenters. The molecule has 33 heavy (non-hydrogen) atoms. The third-order valence-electron chi connectivity index (χ3n) is 7.82. The van der Waals surface area contributed by atoms with Crippen molar-refractivity contribution < 1.29 is 4.74 Å². The summed E-state index contributed by atoms with van der Waals surface area (Å²) in [5.74, 6) is 1.71. The number of hydrogen-bond donors (Lipinski definition) is 2. The van der Waals surface area contributed by atoms with Crippen LogP contribution in [0.25, 0.3) is 11.2 Å². The topological polar surface area (TPSA) is 120 Å². The largest absolute Gasteiger partial charge is 0.376 e. The van der Waals surface area contributed by atoms with E-state index >= 15 is 0 Å². The van der Waals surface area contributed by atoms with Crippen LogP contribution in [0.15, 0.2) is 24.4 Å². The first-order chi connectivity index (χ1) is 16.1. The van der Waals surface area contributed by atoms with Crippen molar-refractivity contribution >= 4 is 22.8 Å². The maximum atomic E-state index is 9.15. The first-order valence-corrected chi connectivity index (χ1v) is 11.7. The molecule has 3 aliphatic heterocycles. The summed E-state index contributed by atoms with van der Waals surface area (Å²) in [7, 11) is 0. The van der Waals surface area contributed by atoms with Gasteiger partial charge in [0.05, 0.1) is 30.5 Å². The second kappa shape index (κ2) is 7.68. The van der Waals surface area contributed by atoms with Crippen LogP contribution in [0.2, 0.25) is 0 Å². The van der Waals surface area contributed by atoms with Crippen LogP contribution in [0.5, 0.6) is 0 Å². The molecule has 3 aromatic rings. The van der Waals surface area contributed by atoms with E-state index in [0.29, 0.717) is 11.2 Å². The van der Waals surface area contributed by atoms with Gasteiger partial charge in [0, 0.05) is 37.6 Å². The Labute approximate surface area is 192 Å². The van der Waals surface area contributed by atoms with Crippen LogP contribution in [0, 0.1) is 16.7 Å². The number of hydrogen-bond acceptors (Lipinski definition) is 8.